The first-order chi connectivity index (χ1) is 11.7. The van der Waals surface area contributed by atoms with Crippen LogP contribution >= 0.6 is 0 Å². The number of hydrogen-bond donors (Lipinski definition) is 1. The molecule has 1 N–H and O–H groups in total. The minimum atomic E-state index is 0.237. The van der Waals surface area contributed by atoms with Gasteiger partial charge in [-0.25, -0.2) is 0 Å². The third kappa shape index (κ3) is 3.09. The molecule has 0 spiro atoms. The highest BCUT2D eigenvalue weighted by molar-refractivity contribution is 5.40. The molecule has 3 rings (SSSR count). The normalized spacial score (nSPS) is 27.2. The van der Waals surface area contributed by atoms with Gasteiger partial charge in [-0.2, -0.15) is 10.5 Å². The van der Waals surface area contributed by atoms with Crippen molar-refractivity contribution in [2.75, 3.05) is 32.7 Å². The van der Waals surface area contributed by atoms with Crippen molar-refractivity contribution < 1.29 is 0 Å². The van der Waals surface area contributed by atoms with Crippen molar-refractivity contribution in [2.45, 2.75) is 57.8 Å². The molecule has 130 valence electrons. The van der Waals surface area contributed by atoms with Crippen molar-refractivity contribution in [3.8, 4) is 12.1 Å². The fraction of sp³-hybridized carbons (Fsp3) is 0.778. The van der Waals surface area contributed by atoms with Gasteiger partial charge in [0.2, 0.25) is 0 Å². The molecule has 3 aliphatic heterocycles. The highest BCUT2D eigenvalue weighted by Gasteiger charge is 2.39. The maximum Gasteiger partial charge on any atom is 0.169 e. The Balaban J connectivity index is 1.87. The van der Waals surface area contributed by atoms with Gasteiger partial charge in [-0.1, -0.05) is 0 Å². The number of nitriles is 2. The predicted molar refractivity (Wildman–Crippen MR) is 92.4 cm³/mol. The van der Waals surface area contributed by atoms with Crippen LogP contribution in [0, 0.1) is 22.7 Å². The van der Waals surface area contributed by atoms with Crippen molar-refractivity contribution in [1.29, 1.82) is 10.5 Å². The van der Waals surface area contributed by atoms with E-state index in [2.05, 4.69) is 46.0 Å². The van der Waals surface area contributed by atoms with Crippen molar-refractivity contribution in [3.63, 3.8) is 0 Å². The van der Waals surface area contributed by atoms with E-state index in [0.717, 1.165) is 51.4 Å². The number of allylic oxidation sites excluding steroid dienone is 1. The number of rotatable bonds is 3. The fourth-order valence-corrected chi connectivity index (χ4v) is 4.53. The molecule has 0 saturated carbocycles. The van der Waals surface area contributed by atoms with Gasteiger partial charge in [-0.3, -0.25) is 4.90 Å². The summed E-state index contributed by atoms with van der Waals surface area (Å²) in [5, 5.41) is 22.4. The van der Waals surface area contributed by atoms with Gasteiger partial charge in [0.15, 0.2) is 5.57 Å². The van der Waals surface area contributed by atoms with E-state index in [1.807, 2.05) is 0 Å². The zero-order valence-electron chi connectivity index (χ0n) is 14.8. The highest BCUT2D eigenvalue weighted by Crippen LogP contribution is 2.32. The second-order valence-corrected chi connectivity index (χ2v) is 7.15. The van der Waals surface area contributed by atoms with Crippen molar-refractivity contribution in [1.82, 2.24) is 20.0 Å². The molecule has 6 heteroatoms. The molecule has 0 aliphatic carbocycles. The van der Waals surface area contributed by atoms with Gasteiger partial charge in [0, 0.05) is 31.7 Å². The molecule has 3 fully saturated rings. The molecule has 3 saturated heterocycles. The lowest BCUT2D eigenvalue weighted by Crippen LogP contribution is -2.48. The van der Waals surface area contributed by atoms with Gasteiger partial charge in [-0.05, 0) is 52.6 Å². The van der Waals surface area contributed by atoms with Gasteiger partial charge >= 0.3 is 0 Å². The van der Waals surface area contributed by atoms with Crippen LogP contribution < -0.4 is 5.32 Å². The zero-order valence-corrected chi connectivity index (χ0v) is 14.8. The van der Waals surface area contributed by atoms with E-state index in [4.69, 9.17) is 0 Å². The molecule has 0 aromatic heterocycles. The molecular formula is C18H28N6. The number of hydrogen-bond acceptors (Lipinski definition) is 6. The van der Waals surface area contributed by atoms with E-state index in [0.29, 0.717) is 12.1 Å². The second-order valence-electron chi connectivity index (χ2n) is 7.15. The number of nitrogens with one attached hydrogen (secondary N) is 1. The SMILES string of the molecule is CC1CCCN1C(C)N1CCN(C2CCNCC2)C1=C(C#N)C#N. The average molecular weight is 328 g/mol. The van der Waals surface area contributed by atoms with Crippen molar-refractivity contribution >= 4 is 0 Å². The minimum Gasteiger partial charge on any atom is -0.352 e. The molecule has 2 unspecified atom stereocenters. The summed E-state index contributed by atoms with van der Waals surface area (Å²) in [6.45, 7) is 9.45. The first-order valence-corrected chi connectivity index (χ1v) is 9.21. The van der Waals surface area contributed by atoms with E-state index < -0.39 is 0 Å². The Morgan fingerprint density at radius 2 is 1.83 bits per heavy atom. The average Bonchev–Trinajstić information content (AvgIpc) is 3.23. The predicted octanol–water partition coefficient (Wildman–Crippen LogP) is 1.45. The number of nitrogens with zero attached hydrogens (tertiary/aromatic N) is 5. The lowest BCUT2D eigenvalue weighted by atomic mass is 10.0. The lowest BCUT2D eigenvalue weighted by Gasteiger charge is -2.39. The Morgan fingerprint density at radius 1 is 1.12 bits per heavy atom. The summed E-state index contributed by atoms with van der Waals surface area (Å²) in [7, 11) is 0. The third-order valence-electron chi connectivity index (χ3n) is 5.86. The quantitative estimate of drug-likeness (QED) is 0.791. The zero-order chi connectivity index (χ0) is 17.1. The van der Waals surface area contributed by atoms with Crippen LogP contribution in [0.2, 0.25) is 0 Å². The lowest BCUT2D eigenvalue weighted by molar-refractivity contribution is 0.0782. The molecule has 0 bridgehead atoms. The Kier molecular flexibility index (Phi) is 5.28. The van der Waals surface area contributed by atoms with E-state index >= 15 is 0 Å². The molecule has 3 aliphatic rings. The monoisotopic (exact) mass is 328 g/mol. The summed E-state index contributed by atoms with van der Waals surface area (Å²) in [5.74, 6) is 0.874. The van der Waals surface area contributed by atoms with Crippen LogP contribution in [-0.4, -0.2) is 65.7 Å². The topological polar surface area (TPSA) is 69.3 Å². The van der Waals surface area contributed by atoms with Gasteiger partial charge in [0.25, 0.3) is 0 Å². The van der Waals surface area contributed by atoms with Crippen LogP contribution in [0.5, 0.6) is 0 Å². The summed E-state index contributed by atoms with van der Waals surface area (Å²) >= 11 is 0. The maximum absolute atomic E-state index is 9.51. The highest BCUT2D eigenvalue weighted by atomic mass is 15.5. The molecule has 0 radical (unpaired) electrons. The number of piperidine rings is 1. The first-order valence-electron chi connectivity index (χ1n) is 9.21. The summed E-state index contributed by atoms with van der Waals surface area (Å²) < 4.78 is 0. The second kappa shape index (κ2) is 7.42. The smallest absolute Gasteiger partial charge is 0.169 e. The van der Waals surface area contributed by atoms with E-state index in [1.165, 1.54) is 12.8 Å². The molecule has 0 aromatic rings. The summed E-state index contributed by atoms with van der Waals surface area (Å²) in [4.78, 5) is 7.14. The van der Waals surface area contributed by atoms with Crippen LogP contribution in [0.3, 0.4) is 0 Å². The van der Waals surface area contributed by atoms with Gasteiger partial charge in [0.05, 0.1) is 6.17 Å². The Labute approximate surface area is 145 Å². The minimum absolute atomic E-state index is 0.237. The fourth-order valence-electron chi connectivity index (χ4n) is 4.53. The third-order valence-corrected chi connectivity index (χ3v) is 5.86. The van der Waals surface area contributed by atoms with Crippen LogP contribution in [0.15, 0.2) is 11.4 Å². The number of likely N-dealkylation sites (tertiary alicyclic amines) is 1. The van der Waals surface area contributed by atoms with E-state index in [9.17, 15) is 10.5 Å². The Bertz CT molecular complexity index is 549. The Morgan fingerprint density at radius 3 is 2.42 bits per heavy atom. The van der Waals surface area contributed by atoms with Crippen LogP contribution in [0.4, 0.5) is 0 Å². The molecular weight excluding hydrogens is 300 g/mol. The van der Waals surface area contributed by atoms with Crippen LogP contribution in [0.25, 0.3) is 0 Å². The van der Waals surface area contributed by atoms with Gasteiger partial charge in [-0.15, -0.1) is 0 Å². The van der Waals surface area contributed by atoms with Crippen molar-refractivity contribution in [2.24, 2.45) is 0 Å². The largest absolute Gasteiger partial charge is 0.352 e. The Hall–Kier alpha value is -1.76. The molecule has 0 amide bonds. The molecule has 2 atom stereocenters. The summed E-state index contributed by atoms with van der Waals surface area (Å²) in [5.41, 5.74) is 0.268. The standard InChI is InChI=1S/C18H28N6/c1-14-4-3-9-22(14)15(2)23-10-11-24(17-5-7-21-8-6-17)18(23)16(12-19)13-20/h14-15,17,21H,3-11H2,1-2H3. The van der Waals surface area contributed by atoms with Gasteiger partial charge in [0.1, 0.15) is 18.0 Å². The molecule has 0 aromatic carbocycles. The summed E-state index contributed by atoms with van der Waals surface area (Å²) in [6, 6.07) is 5.31. The molecule has 6 nitrogen and oxygen atoms in total. The molecule has 24 heavy (non-hydrogen) atoms. The van der Waals surface area contributed by atoms with Crippen LogP contribution in [0.1, 0.15) is 39.5 Å². The van der Waals surface area contributed by atoms with Gasteiger partial charge < -0.3 is 15.1 Å². The summed E-state index contributed by atoms with van der Waals surface area (Å²) in [6.07, 6.45) is 4.87. The first kappa shape index (κ1) is 17.1. The van der Waals surface area contributed by atoms with Crippen LogP contribution in [-0.2, 0) is 0 Å². The maximum atomic E-state index is 9.51. The van der Waals surface area contributed by atoms with E-state index in [1.54, 1.807) is 0 Å². The molecule has 3 heterocycles. The van der Waals surface area contributed by atoms with E-state index in [-0.39, 0.29) is 11.7 Å². The van der Waals surface area contributed by atoms with Crippen molar-refractivity contribution in [3.05, 3.63) is 11.4 Å².